The van der Waals surface area contributed by atoms with Crippen LogP contribution in [0.1, 0.15) is 6.42 Å². The summed E-state index contributed by atoms with van der Waals surface area (Å²) in [6, 6.07) is 8.38. The van der Waals surface area contributed by atoms with Crippen LogP contribution in [0.4, 0.5) is 25.0 Å². The fourth-order valence-corrected chi connectivity index (χ4v) is 2.74. The van der Waals surface area contributed by atoms with Gasteiger partial charge in [0.15, 0.2) is 0 Å². The Morgan fingerprint density at radius 1 is 1.16 bits per heavy atom. The van der Waals surface area contributed by atoms with Gasteiger partial charge >= 0.3 is 6.03 Å². The monoisotopic (exact) mass is 365 g/mol. The van der Waals surface area contributed by atoms with Crippen molar-refractivity contribution in [3.63, 3.8) is 0 Å². The first-order chi connectivity index (χ1) is 11.9. The van der Waals surface area contributed by atoms with Crippen molar-refractivity contribution < 1.29 is 18.4 Å². The highest BCUT2D eigenvalue weighted by molar-refractivity contribution is 6.30. The average molecular weight is 366 g/mol. The first kappa shape index (κ1) is 17.2. The summed E-state index contributed by atoms with van der Waals surface area (Å²) in [5, 5.41) is 5.39. The third kappa shape index (κ3) is 4.06. The fourth-order valence-electron chi connectivity index (χ4n) is 2.61. The van der Waals surface area contributed by atoms with Gasteiger partial charge in [-0.05, 0) is 36.4 Å². The standard InChI is InChI=1S/C17H14ClF2N3O2/c18-10-1-4-13(5-2-10)23-9-12(8-16(23)24)21-17(25)22-15-7-11(19)3-6-14(15)20/h1-7,12H,8-9H2,(H2,21,22,25). The number of urea groups is 1. The molecule has 1 saturated heterocycles. The summed E-state index contributed by atoms with van der Waals surface area (Å²) in [7, 11) is 0. The van der Waals surface area contributed by atoms with E-state index in [9.17, 15) is 18.4 Å². The summed E-state index contributed by atoms with van der Waals surface area (Å²) in [5.41, 5.74) is 0.409. The maximum absolute atomic E-state index is 13.5. The minimum atomic E-state index is -0.748. The number of carbonyl (C=O) groups is 2. The van der Waals surface area contributed by atoms with Gasteiger partial charge in [0.05, 0.1) is 11.7 Å². The number of rotatable bonds is 3. The molecule has 25 heavy (non-hydrogen) atoms. The van der Waals surface area contributed by atoms with Crippen molar-refractivity contribution in [1.29, 1.82) is 0 Å². The highest BCUT2D eigenvalue weighted by Gasteiger charge is 2.31. The number of hydrogen-bond acceptors (Lipinski definition) is 2. The Morgan fingerprint density at radius 2 is 1.88 bits per heavy atom. The van der Waals surface area contributed by atoms with Gasteiger partial charge in [0, 0.05) is 29.7 Å². The SMILES string of the molecule is O=C(Nc1cc(F)ccc1F)NC1CC(=O)N(c2ccc(Cl)cc2)C1. The van der Waals surface area contributed by atoms with Gasteiger partial charge in [0.1, 0.15) is 11.6 Å². The summed E-state index contributed by atoms with van der Waals surface area (Å²) in [4.78, 5) is 25.6. The van der Waals surface area contributed by atoms with Crippen LogP contribution >= 0.6 is 11.6 Å². The Kier molecular flexibility index (Phi) is 4.85. The molecule has 1 fully saturated rings. The number of anilines is 2. The number of benzene rings is 2. The van der Waals surface area contributed by atoms with Crippen molar-refractivity contribution in [2.24, 2.45) is 0 Å². The Bertz CT molecular complexity index is 814. The quantitative estimate of drug-likeness (QED) is 0.873. The first-order valence-corrected chi connectivity index (χ1v) is 7.88. The molecule has 0 saturated carbocycles. The smallest absolute Gasteiger partial charge is 0.319 e. The lowest BCUT2D eigenvalue weighted by Crippen LogP contribution is -2.39. The lowest BCUT2D eigenvalue weighted by atomic mass is 10.2. The van der Waals surface area contributed by atoms with Crippen LogP contribution in [0, 0.1) is 11.6 Å². The average Bonchev–Trinajstić information content (AvgIpc) is 2.92. The summed E-state index contributed by atoms with van der Waals surface area (Å²) in [6.07, 6.45) is 0.113. The molecular weight excluding hydrogens is 352 g/mol. The van der Waals surface area contributed by atoms with E-state index in [0.717, 1.165) is 18.2 Å². The summed E-state index contributed by atoms with van der Waals surface area (Å²) >= 11 is 5.83. The molecule has 5 nitrogen and oxygen atoms in total. The second-order valence-electron chi connectivity index (χ2n) is 5.60. The normalized spacial score (nSPS) is 16.8. The molecule has 0 radical (unpaired) electrons. The lowest BCUT2D eigenvalue weighted by Gasteiger charge is -2.17. The van der Waals surface area contributed by atoms with E-state index in [4.69, 9.17) is 11.6 Å². The molecule has 0 bridgehead atoms. The molecule has 1 aliphatic heterocycles. The predicted octanol–water partition coefficient (Wildman–Crippen LogP) is 3.55. The van der Waals surface area contributed by atoms with E-state index in [-0.39, 0.29) is 24.6 Å². The Morgan fingerprint density at radius 3 is 2.60 bits per heavy atom. The molecular formula is C17H14ClF2N3O2. The van der Waals surface area contributed by atoms with E-state index < -0.39 is 23.7 Å². The van der Waals surface area contributed by atoms with E-state index in [2.05, 4.69) is 10.6 Å². The van der Waals surface area contributed by atoms with Gasteiger partial charge in [-0.2, -0.15) is 0 Å². The van der Waals surface area contributed by atoms with Gasteiger partial charge in [0.2, 0.25) is 5.91 Å². The molecule has 2 N–H and O–H groups in total. The van der Waals surface area contributed by atoms with Crippen LogP contribution in [-0.2, 0) is 4.79 Å². The number of hydrogen-bond donors (Lipinski definition) is 2. The van der Waals surface area contributed by atoms with Crippen LogP contribution in [0.2, 0.25) is 5.02 Å². The van der Waals surface area contributed by atoms with Crippen molar-refractivity contribution in [3.05, 3.63) is 59.1 Å². The zero-order valence-corrected chi connectivity index (χ0v) is 13.7. The summed E-state index contributed by atoms with van der Waals surface area (Å²) in [6.45, 7) is 0.277. The van der Waals surface area contributed by atoms with Gasteiger partial charge in [-0.15, -0.1) is 0 Å². The minimum absolute atomic E-state index is 0.113. The molecule has 0 aromatic heterocycles. The minimum Gasteiger partial charge on any atom is -0.333 e. The summed E-state index contributed by atoms with van der Waals surface area (Å²) in [5.74, 6) is -1.56. The third-order valence-corrected chi connectivity index (χ3v) is 4.03. The van der Waals surface area contributed by atoms with Gasteiger partial charge in [-0.3, -0.25) is 4.79 Å². The first-order valence-electron chi connectivity index (χ1n) is 7.51. The largest absolute Gasteiger partial charge is 0.333 e. The van der Waals surface area contributed by atoms with Gasteiger partial charge in [-0.1, -0.05) is 11.6 Å². The molecule has 3 rings (SSSR count). The van der Waals surface area contributed by atoms with Crippen LogP contribution in [0.15, 0.2) is 42.5 Å². The van der Waals surface area contributed by atoms with Crippen molar-refractivity contribution in [3.8, 4) is 0 Å². The molecule has 130 valence electrons. The molecule has 2 aromatic carbocycles. The van der Waals surface area contributed by atoms with Crippen molar-refractivity contribution in [2.75, 3.05) is 16.8 Å². The van der Waals surface area contributed by atoms with Crippen molar-refractivity contribution >= 4 is 34.9 Å². The van der Waals surface area contributed by atoms with E-state index in [1.807, 2.05) is 0 Å². The third-order valence-electron chi connectivity index (χ3n) is 3.78. The van der Waals surface area contributed by atoms with Crippen LogP contribution in [0.25, 0.3) is 0 Å². The number of halogens is 3. The molecule has 1 heterocycles. The van der Waals surface area contributed by atoms with Gasteiger partial charge in [0.25, 0.3) is 0 Å². The van der Waals surface area contributed by atoms with Gasteiger partial charge < -0.3 is 15.5 Å². The zero-order valence-electron chi connectivity index (χ0n) is 12.9. The maximum atomic E-state index is 13.5. The van der Waals surface area contributed by atoms with E-state index in [1.54, 1.807) is 24.3 Å². The number of carbonyl (C=O) groups excluding carboxylic acids is 2. The van der Waals surface area contributed by atoms with Crippen LogP contribution in [-0.4, -0.2) is 24.5 Å². The van der Waals surface area contributed by atoms with E-state index in [0.29, 0.717) is 10.7 Å². The van der Waals surface area contributed by atoms with Crippen molar-refractivity contribution in [2.45, 2.75) is 12.5 Å². The second kappa shape index (κ2) is 7.06. The second-order valence-corrected chi connectivity index (χ2v) is 6.04. The van der Waals surface area contributed by atoms with Crippen molar-refractivity contribution in [1.82, 2.24) is 5.32 Å². The highest BCUT2D eigenvalue weighted by Crippen LogP contribution is 2.23. The molecule has 1 atom stereocenters. The predicted molar refractivity (Wildman–Crippen MR) is 90.7 cm³/mol. The maximum Gasteiger partial charge on any atom is 0.319 e. The van der Waals surface area contributed by atoms with Crippen LogP contribution in [0.5, 0.6) is 0 Å². The molecule has 0 spiro atoms. The summed E-state index contributed by atoms with van der Waals surface area (Å²) < 4.78 is 26.7. The molecule has 3 amide bonds. The highest BCUT2D eigenvalue weighted by atomic mass is 35.5. The Balaban J connectivity index is 1.62. The van der Waals surface area contributed by atoms with Crippen LogP contribution in [0.3, 0.4) is 0 Å². The zero-order chi connectivity index (χ0) is 18.0. The lowest BCUT2D eigenvalue weighted by molar-refractivity contribution is -0.117. The van der Waals surface area contributed by atoms with E-state index >= 15 is 0 Å². The topological polar surface area (TPSA) is 61.4 Å². The van der Waals surface area contributed by atoms with Gasteiger partial charge in [-0.25, -0.2) is 13.6 Å². The van der Waals surface area contributed by atoms with Crippen LogP contribution < -0.4 is 15.5 Å². The number of nitrogens with one attached hydrogen (secondary N) is 2. The molecule has 8 heteroatoms. The molecule has 0 aliphatic carbocycles. The van der Waals surface area contributed by atoms with E-state index in [1.165, 1.54) is 4.90 Å². The Hall–Kier alpha value is -2.67. The molecule has 1 aliphatic rings. The number of amides is 3. The molecule has 2 aromatic rings. The molecule has 1 unspecified atom stereocenters. The Labute approximate surface area is 147 Å². The fraction of sp³-hybridized carbons (Fsp3) is 0.176. The number of nitrogens with zero attached hydrogens (tertiary/aromatic N) is 1.